The molecular formula is C16H22N4O. The third-order valence-corrected chi connectivity index (χ3v) is 3.18. The Bertz CT molecular complexity index is 573. The number of hydrogen-bond donors (Lipinski definition) is 0. The number of hydrogen-bond acceptors (Lipinski definition) is 3. The van der Waals surface area contributed by atoms with E-state index in [-0.39, 0.29) is 11.9 Å². The standard InChI is InChI=1S/C16H22N4O/c1-12(2)11-19(13(3)4)16(21)14-6-7-15(17-10-14)20-9-5-8-18-20/h5-10,12-13H,11H2,1-4H3. The summed E-state index contributed by atoms with van der Waals surface area (Å²) in [5.41, 5.74) is 0.611. The van der Waals surface area contributed by atoms with Crippen LogP contribution in [-0.2, 0) is 0 Å². The van der Waals surface area contributed by atoms with Crippen molar-refractivity contribution in [2.24, 2.45) is 5.92 Å². The Kier molecular flexibility index (Phi) is 4.73. The lowest BCUT2D eigenvalue weighted by Crippen LogP contribution is -2.39. The number of pyridine rings is 1. The van der Waals surface area contributed by atoms with Gasteiger partial charge in [-0.3, -0.25) is 4.79 Å². The second-order valence-corrected chi connectivity index (χ2v) is 5.80. The van der Waals surface area contributed by atoms with E-state index in [1.807, 2.05) is 43.1 Å². The largest absolute Gasteiger partial charge is 0.336 e. The van der Waals surface area contributed by atoms with Gasteiger partial charge < -0.3 is 4.90 Å². The van der Waals surface area contributed by atoms with Crippen molar-refractivity contribution in [2.45, 2.75) is 33.7 Å². The SMILES string of the molecule is CC(C)CN(C(=O)c1ccc(-n2cccn2)nc1)C(C)C. The van der Waals surface area contributed by atoms with Gasteiger partial charge in [-0.1, -0.05) is 13.8 Å². The van der Waals surface area contributed by atoms with Crippen LogP contribution in [0, 0.1) is 5.92 Å². The fraction of sp³-hybridized carbons (Fsp3) is 0.438. The first kappa shape index (κ1) is 15.2. The van der Waals surface area contributed by atoms with Gasteiger partial charge >= 0.3 is 0 Å². The zero-order valence-corrected chi connectivity index (χ0v) is 13.0. The Morgan fingerprint density at radius 1 is 1.29 bits per heavy atom. The molecule has 0 fully saturated rings. The summed E-state index contributed by atoms with van der Waals surface area (Å²) in [5.74, 6) is 1.17. The molecule has 2 aromatic rings. The van der Waals surface area contributed by atoms with E-state index in [4.69, 9.17) is 0 Å². The zero-order valence-electron chi connectivity index (χ0n) is 13.0. The van der Waals surface area contributed by atoms with Crippen molar-refractivity contribution < 1.29 is 4.79 Å². The summed E-state index contributed by atoms with van der Waals surface area (Å²) in [6.45, 7) is 9.04. The number of carbonyl (C=O) groups excluding carboxylic acids is 1. The summed E-state index contributed by atoms with van der Waals surface area (Å²) in [5, 5.41) is 4.12. The van der Waals surface area contributed by atoms with Gasteiger partial charge in [-0.15, -0.1) is 0 Å². The molecule has 0 aliphatic rings. The molecule has 0 aliphatic heterocycles. The summed E-state index contributed by atoms with van der Waals surface area (Å²) in [6, 6.07) is 5.63. The van der Waals surface area contributed by atoms with Gasteiger partial charge in [-0.05, 0) is 38.0 Å². The topological polar surface area (TPSA) is 51.0 Å². The predicted molar refractivity (Wildman–Crippen MR) is 82.4 cm³/mol. The lowest BCUT2D eigenvalue weighted by atomic mass is 10.1. The molecule has 0 saturated heterocycles. The minimum Gasteiger partial charge on any atom is -0.336 e. The van der Waals surface area contributed by atoms with Crippen molar-refractivity contribution in [3.63, 3.8) is 0 Å². The highest BCUT2D eigenvalue weighted by atomic mass is 16.2. The molecule has 2 aromatic heterocycles. The van der Waals surface area contributed by atoms with Crippen molar-refractivity contribution in [1.82, 2.24) is 19.7 Å². The zero-order chi connectivity index (χ0) is 15.4. The molecule has 21 heavy (non-hydrogen) atoms. The van der Waals surface area contributed by atoms with E-state index >= 15 is 0 Å². The number of nitrogens with zero attached hydrogens (tertiary/aromatic N) is 4. The van der Waals surface area contributed by atoms with E-state index < -0.39 is 0 Å². The maximum absolute atomic E-state index is 12.6. The van der Waals surface area contributed by atoms with Crippen molar-refractivity contribution in [3.05, 3.63) is 42.4 Å². The minimum atomic E-state index is 0.0261. The van der Waals surface area contributed by atoms with Crippen LogP contribution in [0.2, 0.25) is 0 Å². The molecule has 0 aromatic carbocycles. The molecule has 0 bridgehead atoms. The molecular weight excluding hydrogens is 264 g/mol. The van der Waals surface area contributed by atoms with Crippen LogP contribution in [0.1, 0.15) is 38.1 Å². The van der Waals surface area contributed by atoms with Gasteiger partial charge in [0.25, 0.3) is 5.91 Å². The molecule has 0 unspecified atom stereocenters. The molecule has 0 atom stereocenters. The van der Waals surface area contributed by atoms with Gasteiger partial charge in [0, 0.05) is 31.2 Å². The summed E-state index contributed by atoms with van der Waals surface area (Å²) in [6.07, 6.45) is 5.14. The lowest BCUT2D eigenvalue weighted by Gasteiger charge is -2.28. The number of rotatable bonds is 5. The molecule has 0 N–H and O–H groups in total. The van der Waals surface area contributed by atoms with Crippen molar-refractivity contribution >= 4 is 5.91 Å². The van der Waals surface area contributed by atoms with E-state index in [9.17, 15) is 4.79 Å². The van der Waals surface area contributed by atoms with Gasteiger partial charge in [-0.2, -0.15) is 5.10 Å². The van der Waals surface area contributed by atoms with Crippen LogP contribution in [0.25, 0.3) is 5.82 Å². The Labute approximate surface area is 125 Å². The fourth-order valence-corrected chi connectivity index (χ4v) is 2.14. The third kappa shape index (κ3) is 3.68. The van der Waals surface area contributed by atoms with E-state index in [1.54, 1.807) is 17.1 Å². The normalized spacial score (nSPS) is 11.1. The van der Waals surface area contributed by atoms with Crippen LogP contribution in [0.5, 0.6) is 0 Å². The van der Waals surface area contributed by atoms with Crippen LogP contribution in [-0.4, -0.2) is 38.2 Å². The van der Waals surface area contributed by atoms with Crippen LogP contribution in [0.3, 0.4) is 0 Å². The summed E-state index contributed by atoms with van der Waals surface area (Å²) in [4.78, 5) is 18.8. The first-order chi connectivity index (χ1) is 9.99. The number of carbonyl (C=O) groups is 1. The Hall–Kier alpha value is -2.17. The van der Waals surface area contributed by atoms with Crippen LogP contribution < -0.4 is 0 Å². The van der Waals surface area contributed by atoms with Crippen molar-refractivity contribution in [3.8, 4) is 5.82 Å². The lowest BCUT2D eigenvalue weighted by molar-refractivity contribution is 0.0681. The molecule has 2 rings (SSSR count). The van der Waals surface area contributed by atoms with Crippen LogP contribution in [0.4, 0.5) is 0 Å². The smallest absolute Gasteiger partial charge is 0.255 e. The van der Waals surface area contributed by atoms with Gasteiger partial charge in [-0.25, -0.2) is 9.67 Å². The maximum Gasteiger partial charge on any atom is 0.255 e. The highest BCUT2D eigenvalue weighted by Crippen LogP contribution is 2.12. The monoisotopic (exact) mass is 286 g/mol. The summed E-state index contributed by atoms with van der Waals surface area (Å²) < 4.78 is 1.67. The highest BCUT2D eigenvalue weighted by molar-refractivity contribution is 5.94. The quantitative estimate of drug-likeness (QED) is 0.849. The highest BCUT2D eigenvalue weighted by Gasteiger charge is 2.20. The first-order valence-electron chi connectivity index (χ1n) is 7.26. The number of amides is 1. The molecule has 112 valence electrons. The summed E-state index contributed by atoms with van der Waals surface area (Å²) >= 11 is 0. The van der Waals surface area contributed by atoms with E-state index in [2.05, 4.69) is 23.9 Å². The van der Waals surface area contributed by atoms with E-state index in [0.29, 0.717) is 17.3 Å². The average Bonchev–Trinajstić information content (AvgIpc) is 2.98. The second kappa shape index (κ2) is 6.52. The van der Waals surface area contributed by atoms with Gasteiger partial charge in [0.1, 0.15) is 0 Å². The van der Waals surface area contributed by atoms with Crippen LogP contribution in [0.15, 0.2) is 36.8 Å². The molecule has 2 heterocycles. The predicted octanol–water partition coefficient (Wildman–Crippen LogP) is 2.77. The fourth-order valence-electron chi connectivity index (χ4n) is 2.14. The van der Waals surface area contributed by atoms with Crippen molar-refractivity contribution in [2.75, 3.05) is 6.54 Å². The van der Waals surface area contributed by atoms with Gasteiger partial charge in [0.15, 0.2) is 5.82 Å². The van der Waals surface area contributed by atoms with E-state index in [0.717, 1.165) is 6.54 Å². The molecule has 0 saturated carbocycles. The van der Waals surface area contributed by atoms with Crippen molar-refractivity contribution in [1.29, 1.82) is 0 Å². The molecule has 5 nitrogen and oxygen atoms in total. The molecule has 1 amide bonds. The number of aromatic nitrogens is 3. The van der Waals surface area contributed by atoms with Gasteiger partial charge in [0.05, 0.1) is 5.56 Å². The maximum atomic E-state index is 12.6. The first-order valence-corrected chi connectivity index (χ1v) is 7.26. The van der Waals surface area contributed by atoms with E-state index in [1.165, 1.54) is 0 Å². The Balaban J connectivity index is 2.18. The molecule has 5 heteroatoms. The third-order valence-electron chi connectivity index (χ3n) is 3.18. The minimum absolute atomic E-state index is 0.0261. The van der Waals surface area contributed by atoms with Gasteiger partial charge in [0.2, 0.25) is 0 Å². The summed E-state index contributed by atoms with van der Waals surface area (Å²) in [7, 11) is 0. The molecule has 0 radical (unpaired) electrons. The Morgan fingerprint density at radius 3 is 2.52 bits per heavy atom. The second-order valence-electron chi connectivity index (χ2n) is 5.80. The molecule has 0 spiro atoms. The van der Waals surface area contributed by atoms with Crippen LogP contribution >= 0.6 is 0 Å². The average molecular weight is 286 g/mol. The molecule has 0 aliphatic carbocycles. The Morgan fingerprint density at radius 2 is 2.05 bits per heavy atom.